The molecule has 0 spiro atoms. The number of aromatic nitrogens is 3. The molecular formula is C51H31N3OS. The van der Waals surface area contributed by atoms with E-state index in [1.165, 1.54) is 69.2 Å². The van der Waals surface area contributed by atoms with Crippen molar-refractivity contribution in [3.05, 3.63) is 180 Å². The SMILES string of the molecule is CC12Oc3ccccc3C1c1ccccc1C=C2c1nc(-n2c3ccc4ccccc4c3c3c4ccccc4c4c5ccccc5sc4c32)nc2ccccc12. The molecule has 4 heterocycles. The van der Waals surface area contributed by atoms with Gasteiger partial charge in [0.15, 0.2) is 0 Å². The minimum absolute atomic E-state index is 0.0104. The van der Waals surface area contributed by atoms with Gasteiger partial charge in [-0.3, -0.25) is 4.57 Å². The molecule has 3 aromatic heterocycles. The normalized spacial score (nSPS) is 17.5. The van der Waals surface area contributed by atoms with Gasteiger partial charge < -0.3 is 4.74 Å². The Balaban J connectivity index is 1.21. The predicted molar refractivity (Wildman–Crippen MR) is 233 cm³/mol. The Labute approximate surface area is 325 Å². The largest absolute Gasteiger partial charge is 0.481 e. The second-order valence-electron chi connectivity index (χ2n) is 15.3. The van der Waals surface area contributed by atoms with E-state index < -0.39 is 5.60 Å². The first-order valence-corrected chi connectivity index (χ1v) is 20.0. The second-order valence-corrected chi connectivity index (χ2v) is 16.4. The van der Waals surface area contributed by atoms with Crippen LogP contribution in [-0.2, 0) is 0 Å². The van der Waals surface area contributed by atoms with Crippen molar-refractivity contribution in [2.75, 3.05) is 0 Å². The van der Waals surface area contributed by atoms with Crippen LogP contribution in [0, 0.1) is 0 Å². The maximum Gasteiger partial charge on any atom is 0.235 e. The van der Waals surface area contributed by atoms with Gasteiger partial charge in [-0.2, -0.15) is 0 Å². The number of benzene rings is 8. The van der Waals surface area contributed by atoms with Crippen LogP contribution in [0.25, 0.3) is 92.0 Å². The van der Waals surface area contributed by atoms with Gasteiger partial charge >= 0.3 is 0 Å². The molecule has 1 aliphatic carbocycles. The van der Waals surface area contributed by atoms with Crippen LogP contribution >= 0.6 is 11.3 Å². The van der Waals surface area contributed by atoms with Gasteiger partial charge in [0.2, 0.25) is 5.95 Å². The van der Waals surface area contributed by atoms with Crippen LogP contribution in [-0.4, -0.2) is 20.1 Å². The van der Waals surface area contributed by atoms with Crippen molar-refractivity contribution in [1.82, 2.24) is 14.5 Å². The van der Waals surface area contributed by atoms with Crippen molar-refractivity contribution in [2.45, 2.75) is 18.4 Å². The first kappa shape index (κ1) is 30.5. The minimum Gasteiger partial charge on any atom is -0.481 e. The molecule has 0 amide bonds. The van der Waals surface area contributed by atoms with Crippen LogP contribution in [0.15, 0.2) is 158 Å². The fourth-order valence-corrected chi connectivity index (χ4v) is 11.4. The zero-order valence-electron chi connectivity index (χ0n) is 30.3. The molecule has 2 unspecified atom stereocenters. The first-order valence-electron chi connectivity index (χ1n) is 19.2. The number of nitrogens with zero attached hydrogens (tertiary/aromatic N) is 3. The molecule has 56 heavy (non-hydrogen) atoms. The lowest BCUT2D eigenvalue weighted by Gasteiger charge is -2.38. The molecule has 8 aromatic carbocycles. The van der Waals surface area contributed by atoms with Crippen LogP contribution in [0.2, 0.25) is 0 Å². The lowest BCUT2D eigenvalue weighted by atomic mass is 9.69. The molecule has 11 aromatic rings. The number of thiophene rings is 1. The number of fused-ring (bicyclic) bond motifs is 18. The molecule has 1 aliphatic heterocycles. The topological polar surface area (TPSA) is 39.9 Å². The van der Waals surface area contributed by atoms with Crippen molar-refractivity contribution in [3.63, 3.8) is 0 Å². The number of hydrogen-bond acceptors (Lipinski definition) is 4. The molecule has 5 heteroatoms. The van der Waals surface area contributed by atoms with Crippen molar-refractivity contribution in [2.24, 2.45) is 0 Å². The standard InChI is InChI=1S/C51H31N3OS/c1-51-38(28-30-15-3-5-17-32(30)46(51)36-21-9-12-24-41(36)55-51)47-35-20-8-11-23-39(35)52-50(53-47)54-40-27-26-29-14-2-4-16-31(29)44(40)45-34-19-7-6-18-33(34)43-37-22-10-13-25-42(37)56-49(43)48(45)54/h2-28,46H,1H3. The predicted octanol–water partition coefficient (Wildman–Crippen LogP) is 13.2. The highest BCUT2D eigenvalue weighted by molar-refractivity contribution is 7.27. The molecule has 4 nitrogen and oxygen atoms in total. The van der Waals surface area contributed by atoms with Crippen LogP contribution < -0.4 is 4.74 Å². The van der Waals surface area contributed by atoms with E-state index in [0.717, 1.165) is 39.0 Å². The summed E-state index contributed by atoms with van der Waals surface area (Å²) in [6.07, 6.45) is 2.31. The Hall–Kier alpha value is -6.82. The van der Waals surface area contributed by atoms with Gasteiger partial charge in [0.1, 0.15) is 11.4 Å². The van der Waals surface area contributed by atoms with E-state index in [4.69, 9.17) is 14.7 Å². The third-order valence-electron chi connectivity index (χ3n) is 12.4. The van der Waals surface area contributed by atoms with E-state index in [0.29, 0.717) is 5.95 Å². The van der Waals surface area contributed by atoms with Gasteiger partial charge in [-0.05, 0) is 69.9 Å². The zero-order chi connectivity index (χ0) is 36.7. The van der Waals surface area contributed by atoms with E-state index >= 15 is 0 Å². The summed E-state index contributed by atoms with van der Waals surface area (Å²) >= 11 is 1.86. The molecule has 262 valence electrons. The second kappa shape index (κ2) is 10.9. The van der Waals surface area contributed by atoms with Crippen molar-refractivity contribution < 1.29 is 4.74 Å². The van der Waals surface area contributed by atoms with Crippen molar-refractivity contribution >= 4 is 97.4 Å². The maximum absolute atomic E-state index is 7.10. The summed E-state index contributed by atoms with van der Waals surface area (Å²) in [7, 11) is 0. The molecular weight excluding hydrogens is 703 g/mol. The van der Waals surface area contributed by atoms with E-state index in [1.54, 1.807) is 0 Å². The number of rotatable bonds is 2. The summed E-state index contributed by atoms with van der Waals surface area (Å²) in [6, 6.07) is 56.7. The molecule has 0 fully saturated rings. The molecule has 0 N–H and O–H groups in total. The van der Waals surface area contributed by atoms with E-state index in [-0.39, 0.29) is 5.92 Å². The number of ether oxygens (including phenoxy) is 1. The Morgan fingerprint density at radius 2 is 1.27 bits per heavy atom. The number of para-hydroxylation sites is 2. The first-order chi connectivity index (χ1) is 27.7. The fourth-order valence-electron chi connectivity index (χ4n) is 10.1. The molecule has 0 saturated carbocycles. The van der Waals surface area contributed by atoms with E-state index in [9.17, 15) is 0 Å². The summed E-state index contributed by atoms with van der Waals surface area (Å²) in [5, 5.41) is 10.9. The Morgan fingerprint density at radius 1 is 0.589 bits per heavy atom. The fraction of sp³-hybridized carbons (Fsp3) is 0.0588. The zero-order valence-corrected chi connectivity index (χ0v) is 31.1. The monoisotopic (exact) mass is 733 g/mol. The molecule has 13 rings (SSSR count). The van der Waals surface area contributed by atoms with Gasteiger partial charge in [-0.1, -0.05) is 133 Å². The Bertz CT molecular complexity index is 3560. The van der Waals surface area contributed by atoms with Gasteiger partial charge in [0.25, 0.3) is 0 Å². The minimum atomic E-state index is -0.696. The van der Waals surface area contributed by atoms with Gasteiger partial charge in [-0.15, -0.1) is 11.3 Å². The Morgan fingerprint density at radius 3 is 2.14 bits per heavy atom. The summed E-state index contributed by atoms with van der Waals surface area (Å²) in [5.74, 6) is 1.59. The average Bonchev–Trinajstić information content (AvgIpc) is 3.91. The van der Waals surface area contributed by atoms with Crippen LogP contribution in [0.1, 0.15) is 35.2 Å². The summed E-state index contributed by atoms with van der Waals surface area (Å²) < 4.78 is 12.0. The maximum atomic E-state index is 7.10. The highest BCUT2D eigenvalue weighted by Gasteiger charge is 2.52. The average molecular weight is 734 g/mol. The lowest BCUT2D eigenvalue weighted by Crippen LogP contribution is -2.39. The van der Waals surface area contributed by atoms with Crippen molar-refractivity contribution in [3.8, 4) is 11.7 Å². The number of hydrogen-bond donors (Lipinski definition) is 0. The molecule has 2 atom stereocenters. The highest BCUT2D eigenvalue weighted by atomic mass is 32.1. The summed E-state index contributed by atoms with van der Waals surface area (Å²) in [4.78, 5) is 11.2. The van der Waals surface area contributed by atoms with Crippen LogP contribution in [0.3, 0.4) is 0 Å². The van der Waals surface area contributed by atoms with Crippen LogP contribution in [0.4, 0.5) is 0 Å². The van der Waals surface area contributed by atoms with E-state index in [1.807, 2.05) is 11.3 Å². The van der Waals surface area contributed by atoms with Crippen molar-refractivity contribution in [1.29, 1.82) is 0 Å². The molecule has 2 aliphatic rings. The van der Waals surface area contributed by atoms with Gasteiger partial charge in [-0.25, -0.2) is 9.97 Å². The quantitative estimate of drug-likeness (QED) is 0.178. The highest BCUT2D eigenvalue weighted by Crippen LogP contribution is 2.58. The lowest BCUT2D eigenvalue weighted by molar-refractivity contribution is 0.164. The van der Waals surface area contributed by atoms with Crippen LogP contribution in [0.5, 0.6) is 5.75 Å². The summed E-state index contributed by atoms with van der Waals surface area (Å²) in [5.41, 5.74) is 8.05. The van der Waals surface area contributed by atoms with E-state index in [2.05, 4.69) is 175 Å². The van der Waals surface area contributed by atoms with Gasteiger partial charge in [0.05, 0.1) is 32.9 Å². The molecule has 0 bridgehead atoms. The smallest absolute Gasteiger partial charge is 0.235 e. The van der Waals surface area contributed by atoms with Gasteiger partial charge in [0, 0.05) is 42.8 Å². The third kappa shape index (κ3) is 3.87. The Kier molecular flexibility index (Phi) is 5.94. The summed E-state index contributed by atoms with van der Waals surface area (Å²) in [6.45, 7) is 2.25. The molecule has 0 radical (unpaired) electrons. The molecule has 0 saturated heterocycles. The third-order valence-corrected chi connectivity index (χ3v) is 13.6.